The van der Waals surface area contributed by atoms with Crippen LogP contribution in [0.2, 0.25) is 0 Å². The lowest BCUT2D eigenvalue weighted by molar-refractivity contribution is -0.211. The summed E-state index contributed by atoms with van der Waals surface area (Å²) in [6, 6.07) is 0. The zero-order valence-electron chi connectivity index (χ0n) is 10.0. The van der Waals surface area contributed by atoms with E-state index in [0.717, 1.165) is 12.8 Å². The molecule has 1 aliphatic heterocycles. The molecule has 2 atom stereocenters. The number of hydrogen-bond acceptors (Lipinski definition) is 3. The first-order valence-electron chi connectivity index (χ1n) is 5.30. The monoisotopic (exact) mass is 212 g/mol. The van der Waals surface area contributed by atoms with E-state index in [0.29, 0.717) is 0 Å². The summed E-state index contributed by atoms with van der Waals surface area (Å²) in [6.07, 6.45) is 3.30. The van der Waals surface area contributed by atoms with Crippen molar-refractivity contribution >= 4 is 5.97 Å². The fraction of sp³-hybridized carbons (Fsp3) is 0.750. The Morgan fingerprint density at radius 1 is 1.53 bits per heavy atom. The predicted octanol–water partition coefficient (Wildman–Crippen LogP) is 2.45. The van der Waals surface area contributed by atoms with E-state index < -0.39 is 5.60 Å². The molecule has 86 valence electrons. The van der Waals surface area contributed by atoms with Crippen molar-refractivity contribution in [1.82, 2.24) is 0 Å². The topological polar surface area (TPSA) is 35.5 Å². The molecule has 0 aromatic rings. The van der Waals surface area contributed by atoms with Gasteiger partial charge in [-0.05, 0) is 33.6 Å². The molecule has 0 aromatic carbocycles. The Balaban J connectivity index is 2.74. The van der Waals surface area contributed by atoms with Gasteiger partial charge in [0.1, 0.15) is 11.7 Å². The maximum Gasteiger partial charge on any atom is 0.303 e. The van der Waals surface area contributed by atoms with Crippen molar-refractivity contribution < 1.29 is 14.3 Å². The first-order valence-corrected chi connectivity index (χ1v) is 5.30. The lowest BCUT2D eigenvalue weighted by Crippen LogP contribution is -2.52. The standard InChI is InChI=1S/C12H20O3/c1-6-12(5)8-7-10(14-9(2)13)11(3,4)15-12/h6,10H,1,7-8H2,2-5H3/t10-,12-/m1/s1. The van der Waals surface area contributed by atoms with Gasteiger partial charge >= 0.3 is 5.97 Å². The molecule has 3 heteroatoms. The van der Waals surface area contributed by atoms with Gasteiger partial charge in [-0.1, -0.05) is 6.08 Å². The van der Waals surface area contributed by atoms with E-state index in [2.05, 4.69) is 6.58 Å². The summed E-state index contributed by atoms with van der Waals surface area (Å²) < 4.78 is 11.2. The lowest BCUT2D eigenvalue weighted by Gasteiger charge is -2.46. The zero-order chi connectivity index (χ0) is 11.7. The van der Waals surface area contributed by atoms with Crippen molar-refractivity contribution in [1.29, 1.82) is 0 Å². The molecule has 0 aromatic heterocycles. The molecule has 0 aliphatic carbocycles. The number of ether oxygens (including phenoxy) is 2. The van der Waals surface area contributed by atoms with Gasteiger partial charge in [-0.2, -0.15) is 0 Å². The van der Waals surface area contributed by atoms with E-state index in [1.807, 2.05) is 26.8 Å². The van der Waals surface area contributed by atoms with E-state index in [9.17, 15) is 4.79 Å². The van der Waals surface area contributed by atoms with Gasteiger partial charge in [0, 0.05) is 6.92 Å². The third-order valence-electron chi connectivity index (χ3n) is 2.91. The highest BCUT2D eigenvalue weighted by Gasteiger charge is 2.43. The Bertz CT molecular complexity index is 270. The van der Waals surface area contributed by atoms with Crippen LogP contribution in [-0.4, -0.2) is 23.3 Å². The first kappa shape index (κ1) is 12.2. The van der Waals surface area contributed by atoms with Gasteiger partial charge in [0.2, 0.25) is 0 Å². The Morgan fingerprint density at radius 3 is 2.53 bits per heavy atom. The molecular weight excluding hydrogens is 192 g/mol. The number of esters is 1. The van der Waals surface area contributed by atoms with Crippen LogP contribution in [0, 0.1) is 0 Å². The second-order valence-corrected chi connectivity index (χ2v) is 4.86. The second-order valence-electron chi connectivity index (χ2n) is 4.86. The summed E-state index contributed by atoms with van der Waals surface area (Å²) in [6.45, 7) is 11.1. The summed E-state index contributed by atoms with van der Waals surface area (Å²) in [5.41, 5.74) is -0.757. The highest BCUT2D eigenvalue weighted by molar-refractivity contribution is 5.66. The molecule has 0 N–H and O–H groups in total. The maximum atomic E-state index is 10.9. The van der Waals surface area contributed by atoms with Gasteiger partial charge in [-0.25, -0.2) is 0 Å². The molecule has 1 rings (SSSR count). The Kier molecular flexibility index (Phi) is 3.24. The molecule has 1 fully saturated rings. The van der Waals surface area contributed by atoms with Gasteiger partial charge < -0.3 is 9.47 Å². The second kappa shape index (κ2) is 3.97. The third-order valence-corrected chi connectivity index (χ3v) is 2.91. The number of carbonyl (C=O) groups is 1. The summed E-state index contributed by atoms with van der Waals surface area (Å²) >= 11 is 0. The normalized spacial score (nSPS) is 34.5. The van der Waals surface area contributed by atoms with E-state index in [1.165, 1.54) is 6.92 Å². The van der Waals surface area contributed by atoms with Crippen molar-refractivity contribution in [3.63, 3.8) is 0 Å². The molecular formula is C12H20O3. The molecule has 0 spiro atoms. The third kappa shape index (κ3) is 2.81. The predicted molar refractivity (Wildman–Crippen MR) is 58.6 cm³/mol. The van der Waals surface area contributed by atoms with Gasteiger partial charge in [0.05, 0.1) is 5.60 Å². The first-order chi connectivity index (χ1) is 6.79. The Hall–Kier alpha value is -0.830. The van der Waals surface area contributed by atoms with Crippen molar-refractivity contribution in [2.45, 2.75) is 57.8 Å². The van der Waals surface area contributed by atoms with Crippen molar-refractivity contribution in [3.8, 4) is 0 Å². The molecule has 1 saturated heterocycles. The minimum Gasteiger partial charge on any atom is -0.460 e. The Labute approximate surface area is 91.4 Å². The average molecular weight is 212 g/mol. The van der Waals surface area contributed by atoms with Gasteiger partial charge in [0.25, 0.3) is 0 Å². The minimum absolute atomic E-state index is 0.164. The number of hydrogen-bond donors (Lipinski definition) is 0. The Morgan fingerprint density at radius 2 is 2.13 bits per heavy atom. The highest BCUT2D eigenvalue weighted by atomic mass is 16.6. The van der Waals surface area contributed by atoms with Crippen LogP contribution >= 0.6 is 0 Å². The number of rotatable bonds is 2. The smallest absolute Gasteiger partial charge is 0.303 e. The maximum absolute atomic E-state index is 10.9. The van der Waals surface area contributed by atoms with Crippen LogP contribution in [0.1, 0.15) is 40.5 Å². The van der Waals surface area contributed by atoms with Crippen LogP contribution in [0.25, 0.3) is 0 Å². The quantitative estimate of drug-likeness (QED) is 0.521. The van der Waals surface area contributed by atoms with Crippen LogP contribution in [-0.2, 0) is 14.3 Å². The van der Waals surface area contributed by atoms with Crippen LogP contribution < -0.4 is 0 Å². The van der Waals surface area contributed by atoms with Crippen molar-refractivity contribution in [2.75, 3.05) is 0 Å². The fourth-order valence-corrected chi connectivity index (χ4v) is 2.03. The molecule has 1 heterocycles. The van der Waals surface area contributed by atoms with Gasteiger partial charge in [0.15, 0.2) is 0 Å². The molecule has 0 bridgehead atoms. The summed E-state index contributed by atoms with van der Waals surface area (Å²) in [5.74, 6) is -0.251. The summed E-state index contributed by atoms with van der Waals surface area (Å²) in [5, 5.41) is 0. The largest absolute Gasteiger partial charge is 0.460 e. The molecule has 3 nitrogen and oxygen atoms in total. The molecule has 0 saturated carbocycles. The van der Waals surface area contributed by atoms with Gasteiger partial charge in [-0.15, -0.1) is 6.58 Å². The zero-order valence-corrected chi connectivity index (χ0v) is 10.0. The van der Waals surface area contributed by atoms with E-state index >= 15 is 0 Å². The van der Waals surface area contributed by atoms with E-state index in [-0.39, 0.29) is 17.7 Å². The van der Waals surface area contributed by atoms with Crippen LogP contribution in [0.4, 0.5) is 0 Å². The molecule has 0 radical (unpaired) electrons. The fourth-order valence-electron chi connectivity index (χ4n) is 2.03. The highest BCUT2D eigenvalue weighted by Crippen LogP contribution is 2.37. The van der Waals surface area contributed by atoms with Crippen LogP contribution in [0.5, 0.6) is 0 Å². The average Bonchev–Trinajstić information content (AvgIpc) is 2.09. The summed E-state index contributed by atoms with van der Waals surface area (Å²) in [7, 11) is 0. The van der Waals surface area contributed by atoms with E-state index in [4.69, 9.17) is 9.47 Å². The molecule has 15 heavy (non-hydrogen) atoms. The lowest BCUT2D eigenvalue weighted by atomic mass is 9.85. The minimum atomic E-state index is -0.452. The molecule has 0 amide bonds. The van der Waals surface area contributed by atoms with Gasteiger partial charge in [-0.3, -0.25) is 4.79 Å². The van der Waals surface area contributed by atoms with Crippen LogP contribution in [0.3, 0.4) is 0 Å². The molecule has 0 unspecified atom stereocenters. The summed E-state index contributed by atoms with van der Waals surface area (Å²) in [4.78, 5) is 10.9. The van der Waals surface area contributed by atoms with Crippen molar-refractivity contribution in [3.05, 3.63) is 12.7 Å². The number of carbonyl (C=O) groups excluding carboxylic acids is 1. The molecule has 1 aliphatic rings. The van der Waals surface area contributed by atoms with Crippen LogP contribution in [0.15, 0.2) is 12.7 Å². The van der Waals surface area contributed by atoms with E-state index in [1.54, 1.807) is 0 Å². The SMILES string of the molecule is C=C[C@]1(C)CC[C@@H](OC(C)=O)C(C)(C)O1. The van der Waals surface area contributed by atoms with Crippen molar-refractivity contribution in [2.24, 2.45) is 0 Å².